The molecule has 1 aliphatic rings. The number of carbonyl (C=O) groups excluding carboxylic acids is 1. The third kappa shape index (κ3) is 3.85. The summed E-state index contributed by atoms with van der Waals surface area (Å²) in [6, 6.07) is 5.07. The molecule has 3 N–H and O–H groups in total. The lowest BCUT2D eigenvalue weighted by Gasteiger charge is -2.28. The van der Waals surface area contributed by atoms with Crippen LogP contribution < -0.4 is 15.8 Å². The molecule has 0 radical (unpaired) electrons. The Bertz CT molecular complexity index is 722. The summed E-state index contributed by atoms with van der Waals surface area (Å²) in [6.45, 7) is 0.936. The monoisotopic (exact) mass is 354 g/mol. The Kier molecular flexibility index (Phi) is 5.80. The van der Waals surface area contributed by atoms with E-state index >= 15 is 0 Å². The summed E-state index contributed by atoms with van der Waals surface area (Å²) >= 11 is 0. The first-order chi connectivity index (χ1) is 11.0. The predicted octanol–water partition coefficient (Wildman–Crippen LogP) is 1.69. The Morgan fingerprint density at radius 3 is 2.92 bits per heavy atom. The number of ether oxygens (including phenoxy) is 1. The van der Waals surface area contributed by atoms with Crippen molar-refractivity contribution in [1.82, 2.24) is 14.9 Å². The van der Waals surface area contributed by atoms with Gasteiger partial charge < -0.3 is 20.4 Å². The van der Waals surface area contributed by atoms with Crippen LogP contribution >= 0.6 is 12.4 Å². The number of benzene rings is 1. The van der Waals surface area contributed by atoms with Crippen molar-refractivity contribution in [2.45, 2.75) is 18.7 Å². The predicted molar refractivity (Wildman–Crippen MR) is 91.2 cm³/mol. The molecular weight excluding hydrogens is 335 g/mol. The van der Waals surface area contributed by atoms with E-state index in [-0.39, 0.29) is 24.5 Å². The summed E-state index contributed by atoms with van der Waals surface area (Å²) in [7, 11) is 1.86. The van der Waals surface area contributed by atoms with E-state index < -0.39 is 18.2 Å². The number of nitrogens with two attached hydrogens (primary N) is 1. The number of aromatic nitrogens is 2. The van der Waals surface area contributed by atoms with Crippen LogP contribution in [-0.2, 0) is 7.05 Å². The van der Waals surface area contributed by atoms with Crippen LogP contribution in [0.1, 0.15) is 16.8 Å². The Labute approximate surface area is 145 Å². The summed E-state index contributed by atoms with van der Waals surface area (Å²) in [5.41, 5.74) is 7.18. The van der Waals surface area contributed by atoms with Gasteiger partial charge in [-0.2, -0.15) is 0 Å². The number of primary amides is 1. The lowest BCUT2D eigenvalue weighted by atomic mass is 10.1. The van der Waals surface area contributed by atoms with Gasteiger partial charge >= 0.3 is 0 Å². The molecule has 1 aromatic heterocycles. The molecular formula is C16H20ClFN4O2. The average Bonchev–Trinajstić information content (AvgIpc) is 2.96. The van der Waals surface area contributed by atoms with Crippen molar-refractivity contribution in [2.24, 2.45) is 12.8 Å². The van der Waals surface area contributed by atoms with Crippen molar-refractivity contribution in [3.05, 3.63) is 36.3 Å². The number of hydrogen-bond donors (Lipinski definition) is 2. The summed E-state index contributed by atoms with van der Waals surface area (Å²) in [4.78, 5) is 16.0. The van der Waals surface area contributed by atoms with E-state index in [1.54, 1.807) is 24.5 Å². The van der Waals surface area contributed by atoms with Crippen LogP contribution in [0.15, 0.2) is 30.7 Å². The number of hydrogen-bond acceptors (Lipinski definition) is 4. The molecule has 2 aromatic rings. The largest absolute Gasteiger partial charge is 0.486 e. The highest BCUT2D eigenvalue weighted by atomic mass is 35.5. The number of nitrogens with one attached hydrogen (secondary N) is 1. The summed E-state index contributed by atoms with van der Waals surface area (Å²) in [6.07, 6.45) is 2.37. The van der Waals surface area contributed by atoms with E-state index in [2.05, 4.69) is 10.3 Å². The highest BCUT2D eigenvalue weighted by Crippen LogP contribution is 2.28. The number of rotatable bonds is 4. The van der Waals surface area contributed by atoms with Crippen LogP contribution in [-0.4, -0.2) is 40.8 Å². The van der Waals surface area contributed by atoms with Gasteiger partial charge in [0, 0.05) is 25.4 Å². The highest BCUT2D eigenvalue weighted by molar-refractivity contribution is 5.97. The van der Waals surface area contributed by atoms with Crippen molar-refractivity contribution < 1.29 is 13.9 Å². The molecule has 3 rings (SSSR count). The van der Waals surface area contributed by atoms with Crippen molar-refractivity contribution in [1.29, 1.82) is 0 Å². The number of imidazole rings is 1. The SMILES string of the molecule is Cl.Cn1cnc(-c2ccc(OC3CCNCC3F)c(C(N)=O)c2)c1. The van der Waals surface area contributed by atoms with Gasteiger partial charge in [0.15, 0.2) is 0 Å². The maximum Gasteiger partial charge on any atom is 0.252 e. The molecule has 0 spiro atoms. The maximum absolute atomic E-state index is 13.9. The molecule has 6 nitrogen and oxygen atoms in total. The fraction of sp³-hybridized carbons (Fsp3) is 0.375. The van der Waals surface area contributed by atoms with Crippen molar-refractivity contribution in [3.63, 3.8) is 0 Å². The van der Waals surface area contributed by atoms with Crippen LogP contribution in [0.3, 0.4) is 0 Å². The molecule has 2 unspecified atom stereocenters. The van der Waals surface area contributed by atoms with Crippen LogP contribution in [0.25, 0.3) is 11.3 Å². The summed E-state index contributed by atoms with van der Waals surface area (Å²) < 4.78 is 21.4. The van der Waals surface area contributed by atoms with Gasteiger partial charge in [-0.25, -0.2) is 9.37 Å². The fourth-order valence-corrected chi connectivity index (χ4v) is 2.64. The van der Waals surface area contributed by atoms with Gasteiger partial charge in [-0.3, -0.25) is 4.79 Å². The van der Waals surface area contributed by atoms with Gasteiger partial charge in [-0.15, -0.1) is 12.4 Å². The first-order valence-corrected chi connectivity index (χ1v) is 7.48. The number of carbonyl (C=O) groups is 1. The molecule has 0 bridgehead atoms. The quantitative estimate of drug-likeness (QED) is 0.875. The smallest absolute Gasteiger partial charge is 0.252 e. The summed E-state index contributed by atoms with van der Waals surface area (Å²) in [5.74, 6) is -0.297. The molecule has 1 amide bonds. The second-order valence-electron chi connectivity index (χ2n) is 5.66. The third-order valence-electron chi connectivity index (χ3n) is 3.87. The molecule has 130 valence electrons. The molecule has 1 aromatic carbocycles. The first-order valence-electron chi connectivity index (χ1n) is 7.48. The van der Waals surface area contributed by atoms with Crippen molar-refractivity contribution in [3.8, 4) is 17.0 Å². The minimum Gasteiger partial charge on any atom is -0.486 e. The Morgan fingerprint density at radius 1 is 1.50 bits per heavy atom. The summed E-state index contributed by atoms with van der Waals surface area (Å²) in [5, 5.41) is 2.96. The Balaban J connectivity index is 0.00000208. The van der Waals surface area contributed by atoms with E-state index in [0.717, 1.165) is 11.3 Å². The van der Waals surface area contributed by atoms with Crippen LogP contribution in [0.5, 0.6) is 5.75 Å². The van der Waals surface area contributed by atoms with Gasteiger partial charge in [-0.05, 0) is 31.2 Å². The number of alkyl halides is 1. The van der Waals surface area contributed by atoms with Crippen LogP contribution in [0, 0.1) is 0 Å². The molecule has 0 saturated carbocycles. The molecule has 2 atom stereocenters. The van der Waals surface area contributed by atoms with E-state index in [4.69, 9.17) is 10.5 Å². The molecule has 1 aliphatic heterocycles. The van der Waals surface area contributed by atoms with E-state index in [1.165, 1.54) is 0 Å². The van der Waals surface area contributed by atoms with Crippen LogP contribution in [0.2, 0.25) is 0 Å². The number of aryl methyl sites for hydroxylation is 1. The van der Waals surface area contributed by atoms with Gasteiger partial charge in [0.25, 0.3) is 5.91 Å². The third-order valence-corrected chi connectivity index (χ3v) is 3.87. The average molecular weight is 355 g/mol. The highest BCUT2D eigenvalue weighted by Gasteiger charge is 2.27. The molecule has 2 heterocycles. The van der Waals surface area contributed by atoms with Gasteiger partial charge in [0.05, 0.1) is 17.6 Å². The lowest BCUT2D eigenvalue weighted by molar-refractivity contribution is 0.0713. The number of nitrogens with zero attached hydrogens (tertiary/aromatic N) is 2. The molecule has 8 heteroatoms. The van der Waals surface area contributed by atoms with E-state index in [9.17, 15) is 9.18 Å². The molecule has 0 aliphatic carbocycles. The normalized spacial score (nSPS) is 20.2. The first kappa shape index (κ1) is 18.2. The van der Waals surface area contributed by atoms with Crippen LogP contribution in [0.4, 0.5) is 4.39 Å². The standard InChI is InChI=1S/C16H19FN4O2.ClH/c1-21-8-13(20-9-21)10-2-3-14(11(6-10)16(18)22)23-15-4-5-19-7-12(15)17;/h2-3,6,8-9,12,15,19H,4-5,7H2,1H3,(H2,18,22);1H. The molecule has 24 heavy (non-hydrogen) atoms. The van der Waals surface area contributed by atoms with Gasteiger partial charge in [-0.1, -0.05) is 0 Å². The zero-order valence-corrected chi connectivity index (χ0v) is 14.1. The minimum absolute atomic E-state index is 0. The van der Waals surface area contributed by atoms with Crippen molar-refractivity contribution in [2.75, 3.05) is 13.1 Å². The Hall–Kier alpha value is -2.12. The van der Waals surface area contributed by atoms with E-state index in [0.29, 0.717) is 18.7 Å². The molecule has 1 saturated heterocycles. The maximum atomic E-state index is 13.9. The minimum atomic E-state index is -1.11. The zero-order valence-electron chi connectivity index (χ0n) is 13.2. The fourth-order valence-electron chi connectivity index (χ4n) is 2.64. The second kappa shape index (κ2) is 7.63. The second-order valence-corrected chi connectivity index (χ2v) is 5.66. The number of amides is 1. The van der Waals surface area contributed by atoms with Gasteiger partial charge in [0.2, 0.25) is 0 Å². The van der Waals surface area contributed by atoms with Gasteiger partial charge in [0.1, 0.15) is 18.0 Å². The van der Waals surface area contributed by atoms with Crippen molar-refractivity contribution >= 4 is 18.3 Å². The van der Waals surface area contributed by atoms with E-state index in [1.807, 2.05) is 17.8 Å². The Morgan fingerprint density at radius 2 is 2.29 bits per heavy atom. The number of halogens is 2. The zero-order chi connectivity index (χ0) is 16.4. The lowest BCUT2D eigenvalue weighted by Crippen LogP contribution is -2.44. The molecule has 1 fully saturated rings. The topological polar surface area (TPSA) is 82.2 Å². The number of piperidine rings is 1.